The first-order chi connectivity index (χ1) is 19.3. The van der Waals surface area contributed by atoms with Crippen molar-refractivity contribution in [3.05, 3.63) is 64.8 Å². The summed E-state index contributed by atoms with van der Waals surface area (Å²) in [6.07, 6.45) is 18.3. The molecule has 1 aromatic rings. The Morgan fingerprint density at radius 2 is 1.68 bits per heavy atom. The minimum Gasteiger partial charge on any atom is -0.459 e. The highest BCUT2D eigenvalue weighted by Crippen LogP contribution is 2.72. The lowest BCUT2D eigenvalue weighted by atomic mass is 9.43. The highest BCUT2D eigenvalue weighted by atomic mass is 16.5. The van der Waals surface area contributed by atoms with Crippen molar-refractivity contribution in [1.29, 1.82) is 0 Å². The van der Waals surface area contributed by atoms with Crippen LogP contribution >= 0.6 is 0 Å². The Morgan fingerprint density at radius 1 is 0.951 bits per heavy atom. The van der Waals surface area contributed by atoms with Crippen molar-refractivity contribution in [3.8, 4) is 0 Å². The van der Waals surface area contributed by atoms with Crippen molar-refractivity contribution in [2.24, 2.45) is 39.4 Å². The zero-order chi connectivity index (χ0) is 29.6. The van der Waals surface area contributed by atoms with Crippen LogP contribution in [0.5, 0.6) is 0 Å². The second-order valence-corrected chi connectivity index (χ2v) is 15.7. The smallest absolute Gasteiger partial charge is 0.331 e. The minimum absolute atomic E-state index is 0.0300. The van der Waals surface area contributed by atoms with Crippen LogP contribution in [-0.4, -0.2) is 12.1 Å². The Balaban J connectivity index is 1.34. The molecule has 0 heterocycles. The molecule has 0 bridgehead atoms. The fourth-order valence-electron chi connectivity index (χ4n) is 10.6. The molecule has 0 aliphatic heterocycles. The predicted octanol–water partition coefficient (Wildman–Crippen LogP) is 10.7. The molecule has 2 heteroatoms. The van der Waals surface area contributed by atoms with Crippen molar-refractivity contribution in [3.63, 3.8) is 0 Å². The molecule has 5 rings (SSSR count). The Kier molecular flexibility index (Phi) is 8.30. The summed E-state index contributed by atoms with van der Waals surface area (Å²) in [7, 11) is 0. The number of allylic oxidation sites excluding steroid dienone is 4. The molecule has 224 valence electrons. The molecule has 0 N–H and O–H groups in total. The maximum absolute atomic E-state index is 12.9. The van der Waals surface area contributed by atoms with Crippen molar-refractivity contribution in [2.45, 2.75) is 126 Å². The van der Waals surface area contributed by atoms with Gasteiger partial charge in [0.15, 0.2) is 0 Å². The van der Waals surface area contributed by atoms with Crippen LogP contribution in [0.4, 0.5) is 0 Å². The summed E-state index contributed by atoms with van der Waals surface area (Å²) >= 11 is 0. The first kappa shape index (κ1) is 30.4. The molecule has 7 atom stereocenters. The lowest BCUT2D eigenvalue weighted by Gasteiger charge is -2.62. The summed E-state index contributed by atoms with van der Waals surface area (Å²) in [6.45, 7) is 19.7. The van der Waals surface area contributed by atoms with Gasteiger partial charge in [0.25, 0.3) is 0 Å². The van der Waals surface area contributed by atoms with Crippen LogP contribution in [0, 0.1) is 39.4 Å². The van der Waals surface area contributed by atoms with Crippen LogP contribution in [0.25, 0.3) is 6.08 Å². The topological polar surface area (TPSA) is 26.3 Å². The fraction of sp³-hybridized carbons (Fsp3) is 0.667. The Labute approximate surface area is 251 Å². The van der Waals surface area contributed by atoms with E-state index in [-0.39, 0.29) is 22.9 Å². The summed E-state index contributed by atoms with van der Waals surface area (Å²) in [5.41, 5.74) is 7.06. The van der Waals surface area contributed by atoms with Gasteiger partial charge in [0.05, 0.1) is 0 Å². The monoisotopic (exact) mass is 556 g/mol. The Bertz CT molecular complexity index is 1210. The summed E-state index contributed by atoms with van der Waals surface area (Å²) in [6, 6.07) is 10.0. The number of carbonyl (C=O) groups is 1. The van der Waals surface area contributed by atoms with Gasteiger partial charge >= 0.3 is 5.97 Å². The highest BCUT2D eigenvalue weighted by molar-refractivity contribution is 5.87. The largest absolute Gasteiger partial charge is 0.459 e. The van der Waals surface area contributed by atoms with E-state index in [1.165, 1.54) is 56.9 Å². The average molecular weight is 557 g/mol. The molecule has 2 nitrogen and oxygen atoms in total. The van der Waals surface area contributed by atoms with E-state index in [9.17, 15) is 4.79 Å². The van der Waals surface area contributed by atoms with Crippen LogP contribution in [-0.2, 0) is 9.53 Å². The molecule has 1 aromatic carbocycles. The van der Waals surface area contributed by atoms with E-state index >= 15 is 0 Å². The van der Waals surface area contributed by atoms with Crippen LogP contribution < -0.4 is 0 Å². The van der Waals surface area contributed by atoms with Crippen molar-refractivity contribution >= 4 is 12.0 Å². The molecule has 4 aliphatic carbocycles. The standard InChI is InChI=1S/C39H56O2/c1-27(2)13-12-14-28(3)30-21-25-39(8)32-18-19-33-36(4,5)34(41-35(40)20-17-29-15-10-9-11-16-29)23-24-37(33,6)31(32)22-26-38(30,39)7/h9-11,13,15-17,20,28,30,33-34H,12,14,18-19,21-26H2,1-8H3/t28-,30-,33?,34?,37-,38-,39+/m1/s1. The van der Waals surface area contributed by atoms with E-state index in [4.69, 9.17) is 4.74 Å². The number of rotatable bonds is 7. The predicted molar refractivity (Wildman–Crippen MR) is 172 cm³/mol. The molecule has 2 saturated carbocycles. The molecule has 2 fully saturated rings. The van der Waals surface area contributed by atoms with Gasteiger partial charge < -0.3 is 4.74 Å². The molecule has 0 radical (unpaired) electrons. The summed E-state index contributed by atoms with van der Waals surface area (Å²) in [5.74, 6) is 1.95. The van der Waals surface area contributed by atoms with Gasteiger partial charge in [-0.15, -0.1) is 0 Å². The molecule has 0 amide bonds. The second kappa shape index (κ2) is 11.2. The average Bonchev–Trinajstić information content (AvgIpc) is 3.21. The molecule has 41 heavy (non-hydrogen) atoms. The van der Waals surface area contributed by atoms with E-state index in [1.807, 2.05) is 47.6 Å². The third-order valence-electron chi connectivity index (χ3n) is 13.1. The number of hydrogen-bond donors (Lipinski definition) is 0. The van der Waals surface area contributed by atoms with Gasteiger partial charge in [-0.1, -0.05) is 94.7 Å². The molecular formula is C39H56O2. The van der Waals surface area contributed by atoms with Gasteiger partial charge in [0.2, 0.25) is 0 Å². The van der Waals surface area contributed by atoms with Crippen LogP contribution in [0.15, 0.2) is 59.2 Å². The normalized spacial score (nSPS) is 36.7. The number of hydrogen-bond acceptors (Lipinski definition) is 2. The van der Waals surface area contributed by atoms with Crippen LogP contribution in [0.1, 0.15) is 125 Å². The minimum atomic E-state index is -0.206. The molecule has 0 saturated heterocycles. The van der Waals surface area contributed by atoms with E-state index in [0.717, 1.165) is 30.2 Å². The van der Waals surface area contributed by atoms with E-state index < -0.39 is 0 Å². The van der Waals surface area contributed by atoms with Gasteiger partial charge in [-0.2, -0.15) is 0 Å². The third-order valence-corrected chi connectivity index (χ3v) is 13.1. The van der Waals surface area contributed by atoms with Gasteiger partial charge in [0, 0.05) is 11.5 Å². The van der Waals surface area contributed by atoms with Crippen LogP contribution in [0.2, 0.25) is 0 Å². The SMILES string of the molecule is CC(C)=CCC[C@@H](C)[C@H]1CC[C@@]2(C)C3=C(CC[C@]12C)[C@@]1(C)CCC(OC(=O)C=Cc2ccccc2)C(C)(C)C1CC3. The Morgan fingerprint density at radius 3 is 2.39 bits per heavy atom. The molecular weight excluding hydrogens is 500 g/mol. The van der Waals surface area contributed by atoms with Crippen molar-refractivity contribution < 1.29 is 9.53 Å². The second-order valence-electron chi connectivity index (χ2n) is 15.7. The lowest BCUT2D eigenvalue weighted by Crippen LogP contribution is -2.55. The third kappa shape index (κ3) is 5.21. The number of benzene rings is 1. The van der Waals surface area contributed by atoms with Gasteiger partial charge in [-0.25, -0.2) is 4.79 Å². The number of esters is 1. The zero-order valence-corrected chi connectivity index (χ0v) is 27.3. The summed E-state index contributed by atoms with van der Waals surface area (Å²) < 4.78 is 6.21. The summed E-state index contributed by atoms with van der Waals surface area (Å²) in [5, 5.41) is 0. The van der Waals surface area contributed by atoms with Gasteiger partial charge in [0.1, 0.15) is 6.10 Å². The molecule has 4 aliphatic rings. The Hall–Kier alpha value is -2.09. The van der Waals surface area contributed by atoms with Crippen LogP contribution in [0.3, 0.4) is 0 Å². The highest BCUT2D eigenvalue weighted by Gasteiger charge is 2.63. The van der Waals surface area contributed by atoms with E-state index in [2.05, 4.69) is 61.5 Å². The molecule has 0 spiro atoms. The first-order valence-corrected chi connectivity index (χ1v) is 16.6. The first-order valence-electron chi connectivity index (χ1n) is 16.6. The van der Waals surface area contributed by atoms with Gasteiger partial charge in [-0.3, -0.25) is 0 Å². The molecule has 0 aromatic heterocycles. The fourth-order valence-corrected chi connectivity index (χ4v) is 10.6. The van der Waals surface area contributed by atoms with Crippen molar-refractivity contribution in [2.75, 3.05) is 0 Å². The number of carbonyl (C=O) groups excluding carboxylic acids is 1. The van der Waals surface area contributed by atoms with E-state index in [0.29, 0.717) is 16.7 Å². The summed E-state index contributed by atoms with van der Waals surface area (Å²) in [4.78, 5) is 12.9. The van der Waals surface area contributed by atoms with Crippen molar-refractivity contribution in [1.82, 2.24) is 0 Å². The quantitative estimate of drug-likeness (QED) is 0.190. The zero-order valence-electron chi connectivity index (χ0n) is 27.3. The maximum Gasteiger partial charge on any atom is 0.331 e. The van der Waals surface area contributed by atoms with Gasteiger partial charge in [-0.05, 0) is 124 Å². The maximum atomic E-state index is 12.9. The number of fused-ring (bicyclic) bond motifs is 4. The van der Waals surface area contributed by atoms with E-state index in [1.54, 1.807) is 6.08 Å². The lowest BCUT2D eigenvalue weighted by molar-refractivity contribution is -0.164. The molecule has 2 unspecified atom stereocenters. The number of ether oxygens (including phenoxy) is 1.